The maximum atomic E-state index is 16.0. The molecule has 3 heterocycles. The van der Waals surface area contributed by atoms with Gasteiger partial charge in [-0.25, -0.2) is 8.78 Å². The van der Waals surface area contributed by atoms with E-state index in [4.69, 9.17) is 5.73 Å². The van der Waals surface area contributed by atoms with Gasteiger partial charge in [-0.05, 0) is 111 Å². The van der Waals surface area contributed by atoms with Crippen molar-refractivity contribution in [2.75, 3.05) is 47.5 Å². The van der Waals surface area contributed by atoms with E-state index in [1.807, 2.05) is 78.7 Å². The molecule has 3 aliphatic heterocycles. The fraction of sp³-hybridized carbons (Fsp3) is 0.359. The molecule has 0 aromatic heterocycles. The van der Waals surface area contributed by atoms with Crippen molar-refractivity contribution < 1.29 is 13.6 Å². The van der Waals surface area contributed by atoms with Gasteiger partial charge in [0.15, 0.2) is 11.6 Å². The van der Waals surface area contributed by atoms with E-state index < -0.39 is 11.6 Å². The van der Waals surface area contributed by atoms with Gasteiger partial charge in [0.2, 0.25) is 5.91 Å². The van der Waals surface area contributed by atoms with E-state index in [0.29, 0.717) is 30.4 Å². The topological polar surface area (TPSA) is 64.8 Å². The average Bonchev–Trinajstić information content (AvgIpc) is 3.73. The van der Waals surface area contributed by atoms with Gasteiger partial charge >= 0.3 is 0 Å². The number of nitrogens with one attached hydrogen (secondary N) is 1. The number of likely N-dealkylation sites (tertiary alicyclic amines) is 1. The normalized spacial score (nSPS) is 22.1. The molecule has 3 saturated heterocycles. The molecule has 6 nitrogen and oxygen atoms in total. The molecule has 244 valence electrons. The van der Waals surface area contributed by atoms with E-state index in [1.54, 1.807) is 0 Å². The van der Waals surface area contributed by atoms with Crippen LogP contribution < -0.4 is 20.9 Å². The fourth-order valence-corrected chi connectivity index (χ4v) is 7.96. The Morgan fingerprint density at radius 1 is 0.745 bits per heavy atom. The van der Waals surface area contributed by atoms with Crippen LogP contribution in [0.2, 0.25) is 0 Å². The predicted octanol–water partition coefficient (Wildman–Crippen LogP) is 8.05. The van der Waals surface area contributed by atoms with Gasteiger partial charge in [0.1, 0.15) is 5.69 Å². The number of benzene rings is 4. The average molecular weight is 636 g/mol. The van der Waals surface area contributed by atoms with Crippen molar-refractivity contribution in [1.82, 2.24) is 4.90 Å². The molecule has 47 heavy (non-hydrogen) atoms. The van der Waals surface area contributed by atoms with E-state index in [1.165, 1.54) is 17.7 Å². The third kappa shape index (κ3) is 6.44. The highest BCUT2D eigenvalue weighted by atomic mass is 19.1. The van der Waals surface area contributed by atoms with Gasteiger partial charge in [0, 0.05) is 30.2 Å². The molecule has 8 heteroatoms. The molecule has 0 bridgehead atoms. The quantitative estimate of drug-likeness (QED) is 0.201. The van der Waals surface area contributed by atoms with Crippen molar-refractivity contribution in [3.8, 4) is 0 Å². The number of hydrogen-bond donors (Lipinski definition) is 2. The van der Waals surface area contributed by atoms with Crippen LogP contribution in [0.5, 0.6) is 0 Å². The van der Waals surface area contributed by atoms with E-state index >= 15 is 8.78 Å². The Labute approximate surface area is 276 Å². The molecule has 4 aromatic carbocycles. The first-order chi connectivity index (χ1) is 22.9. The first-order valence-electron chi connectivity index (χ1n) is 16.9. The highest BCUT2D eigenvalue weighted by Gasteiger charge is 2.37. The second-order valence-electron chi connectivity index (χ2n) is 13.4. The van der Waals surface area contributed by atoms with Crippen molar-refractivity contribution in [2.24, 2.45) is 0 Å². The van der Waals surface area contributed by atoms with E-state index in [2.05, 4.69) is 27.2 Å². The van der Waals surface area contributed by atoms with Crippen LogP contribution in [0.15, 0.2) is 91.0 Å². The number of halogens is 2. The summed E-state index contributed by atoms with van der Waals surface area (Å²) in [7, 11) is 1.98. The number of likely N-dealkylation sites (N-methyl/N-ethyl adjacent to an activating group) is 1. The van der Waals surface area contributed by atoms with Crippen LogP contribution in [0.25, 0.3) is 0 Å². The number of rotatable bonds is 7. The van der Waals surface area contributed by atoms with Gasteiger partial charge in [-0.1, -0.05) is 54.6 Å². The van der Waals surface area contributed by atoms with Gasteiger partial charge < -0.3 is 20.9 Å². The van der Waals surface area contributed by atoms with Gasteiger partial charge in [0.05, 0.1) is 18.1 Å². The summed E-state index contributed by atoms with van der Waals surface area (Å²) in [5.74, 6) is -0.656. The van der Waals surface area contributed by atoms with Crippen LogP contribution in [-0.2, 0) is 4.79 Å². The summed E-state index contributed by atoms with van der Waals surface area (Å²) >= 11 is 0. The Morgan fingerprint density at radius 2 is 1.34 bits per heavy atom. The number of nitrogens with zero attached hydrogens (tertiary/aromatic N) is 3. The number of carbonyl (C=O) groups is 1. The molecule has 2 unspecified atom stereocenters. The minimum Gasteiger partial charge on any atom is -0.399 e. The Hall–Kier alpha value is -4.43. The highest BCUT2D eigenvalue weighted by Crippen LogP contribution is 2.48. The molecule has 0 aliphatic carbocycles. The molecule has 0 saturated carbocycles. The summed E-state index contributed by atoms with van der Waals surface area (Å²) in [6.07, 6.45) is 5.22. The molecule has 7 rings (SSSR count). The van der Waals surface area contributed by atoms with Crippen molar-refractivity contribution in [3.63, 3.8) is 0 Å². The molecular formula is C39H43F2N5O. The Bertz CT molecular complexity index is 1670. The minimum absolute atomic E-state index is 0.0130. The van der Waals surface area contributed by atoms with Crippen LogP contribution in [0.4, 0.5) is 31.5 Å². The SMILES string of the molecule is CN1CCCC1C(=O)Nc1ccc(C2CC[C@@H](c3ccc(N)cc3)N2c2cc(F)c(N3CCC(c4ccccc4)CC3)c(F)c2)cc1. The molecule has 0 spiro atoms. The van der Waals surface area contributed by atoms with Crippen molar-refractivity contribution in [1.29, 1.82) is 0 Å². The maximum absolute atomic E-state index is 16.0. The minimum atomic E-state index is -0.533. The number of carbonyl (C=O) groups excluding carboxylic acids is 1. The van der Waals surface area contributed by atoms with Crippen LogP contribution in [0.1, 0.15) is 73.2 Å². The molecule has 3 aliphatic rings. The Kier molecular flexibility index (Phi) is 8.86. The van der Waals surface area contributed by atoms with Gasteiger partial charge in [-0.2, -0.15) is 0 Å². The number of amides is 1. The van der Waals surface area contributed by atoms with Crippen LogP contribution in [0, 0.1) is 11.6 Å². The van der Waals surface area contributed by atoms with Crippen molar-refractivity contribution in [3.05, 3.63) is 119 Å². The van der Waals surface area contributed by atoms with Crippen LogP contribution >= 0.6 is 0 Å². The number of piperidine rings is 1. The predicted molar refractivity (Wildman–Crippen MR) is 186 cm³/mol. The summed E-state index contributed by atoms with van der Waals surface area (Å²) in [6.45, 7) is 2.14. The second kappa shape index (κ2) is 13.4. The lowest BCUT2D eigenvalue weighted by Crippen LogP contribution is -2.37. The third-order valence-corrected chi connectivity index (χ3v) is 10.5. The van der Waals surface area contributed by atoms with Gasteiger partial charge in [-0.15, -0.1) is 0 Å². The summed E-state index contributed by atoms with van der Waals surface area (Å²) < 4.78 is 32.1. The zero-order valence-electron chi connectivity index (χ0n) is 26.9. The highest BCUT2D eigenvalue weighted by molar-refractivity contribution is 5.95. The fourth-order valence-electron chi connectivity index (χ4n) is 7.96. The molecular weight excluding hydrogens is 592 g/mol. The zero-order chi connectivity index (χ0) is 32.5. The summed E-state index contributed by atoms with van der Waals surface area (Å²) in [5, 5.41) is 3.07. The summed E-state index contributed by atoms with van der Waals surface area (Å²) in [4.78, 5) is 19.0. The lowest BCUT2D eigenvalue weighted by molar-refractivity contribution is -0.119. The first-order valence-corrected chi connectivity index (χ1v) is 16.9. The smallest absolute Gasteiger partial charge is 0.241 e. The van der Waals surface area contributed by atoms with Gasteiger partial charge in [0.25, 0.3) is 0 Å². The monoisotopic (exact) mass is 635 g/mol. The van der Waals surface area contributed by atoms with Crippen LogP contribution in [-0.4, -0.2) is 43.5 Å². The first kappa shape index (κ1) is 31.2. The third-order valence-electron chi connectivity index (χ3n) is 10.5. The molecule has 3 N–H and O–H groups in total. The second-order valence-corrected chi connectivity index (χ2v) is 13.4. The lowest BCUT2D eigenvalue weighted by atomic mass is 9.89. The molecule has 3 atom stereocenters. The van der Waals surface area contributed by atoms with E-state index in [9.17, 15) is 4.79 Å². The van der Waals surface area contributed by atoms with Gasteiger partial charge in [-0.3, -0.25) is 9.69 Å². The maximum Gasteiger partial charge on any atom is 0.241 e. The van der Waals surface area contributed by atoms with Crippen molar-refractivity contribution >= 4 is 28.7 Å². The number of anilines is 4. The Morgan fingerprint density at radius 3 is 1.91 bits per heavy atom. The number of nitrogens with two attached hydrogens (primary N) is 1. The number of hydrogen-bond acceptors (Lipinski definition) is 5. The molecule has 4 aromatic rings. The molecule has 3 fully saturated rings. The van der Waals surface area contributed by atoms with E-state index in [-0.39, 0.29) is 29.7 Å². The lowest BCUT2D eigenvalue weighted by Gasteiger charge is -2.36. The zero-order valence-corrected chi connectivity index (χ0v) is 26.9. The van der Waals surface area contributed by atoms with Crippen molar-refractivity contribution in [2.45, 2.75) is 62.6 Å². The standard InChI is InChI=1S/C39H43F2N5O/c1-44-21-5-8-37(44)39(47)43-31-15-11-29(12-16-31)36-18-17-35(28-9-13-30(42)14-10-28)46(36)32-24-33(40)38(34(41)25-32)45-22-19-27(20-23-45)26-6-3-2-4-7-26/h2-4,6-7,9-16,24-25,27,35-37H,5,8,17-23,42H2,1H3,(H,43,47)/t35-,36?,37?/m0/s1. The Balaban J connectivity index is 1.14. The number of nitrogen functional groups attached to an aromatic ring is 1. The summed E-state index contributed by atoms with van der Waals surface area (Å²) in [5.41, 5.74) is 11.4. The summed E-state index contributed by atoms with van der Waals surface area (Å²) in [6, 6.07) is 28.8. The molecule has 0 radical (unpaired) electrons. The van der Waals surface area contributed by atoms with E-state index in [0.717, 1.165) is 61.9 Å². The largest absolute Gasteiger partial charge is 0.399 e. The molecule has 1 amide bonds. The van der Waals surface area contributed by atoms with Crippen LogP contribution in [0.3, 0.4) is 0 Å².